The smallest absolute Gasteiger partial charge is 0.213 e. The van der Waals surface area contributed by atoms with E-state index in [1.807, 2.05) is 12.1 Å². The fraction of sp³-hybridized carbons (Fsp3) is 0.455. The fourth-order valence-electron chi connectivity index (χ4n) is 1.77. The number of pyridine rings is 1. The molecular formula is C11H14N2OS. The van der Waals surface area contributed by atoms with Crippen molar-refractivity contribution in [1.82, 2.24) is 4.98 Å². The molecular weight excluding hydrogens is 208 g/mol. The van der Waals surface area contributed by atoms with Crippen LogP contribution in [0.25, 0.3) is 0 Å². The second-order valence-corrected chi connectivity index (χ2v) is 4.21. The van der Waals surface area contributed by atoms with Crippen LogP contribution in [0.5, 0.6) is 5.88 Å². The van der Waals surface area contributed by atoms with Crippen LogP contribution in [-0.4, -0.2) is 16.1 Å². The van der Waals surface area contributed by atoms with E-state index in [9.17, 15) is 0 Å². The van der Waals surface area contributed by atoms with Crippen LogP contribution in [0.1, 0.15) is 31.2 Å². The van der Waals surface area contributed by atoms with E-state index in [1.165, 1.54) is 12.8 Å². The second-order valence-electron chi connectivity index (χ2n) is 3.77. The Morgan fingerprint density at radius 1 is 1.40 bits per heavy atom. The first kappa shape index (κ1) is 10.4. The van der Waals surface area contributed by atoms with Crippen molar-refractivity contribution < 1.29 is 4.74 Å². The standard InChI is InChI=1S/C11H14N2OS/c12-11(15)8-5-6-10(13-7-8)14-9-3-1-2-4-9/h5-7,9H,1-4H2,(H2,12,15). The van der Waals surface area contributed by atoms with Gasteiger partial charge in [-0.1, -0.05) is 12.2 Å². The van der Waals surface area contributed by atoms with E-state index in [2.05, 4.69) is 4.98 Å². The summed E-state index contributed by atoms with van der Waals surface area (Å²) in [5.41, 5.74) is 6.26. The van der Waals surface area contributed by atoms with Crippen LogP contribution in [0.4, 0.5) is 0 Å². The van der Waals surface area contributed by atoms with Crippen molar-refractivity contribution in [3.63, 3.8) is 0 Å². The van der Waals surface area contributed by atoms with Crippen LogP contribution < -0.4 is 10.5 Å². The predicted octanol–water partition coefficient (Wildman–Crippen LogP) is 2.04. The molecule has 0 saturated heterocycles. The number of rotatable bonds is 3. The van der Waals surface area contributed by atoms with Crippen LogP contribution in [0.2, 0.25) is 0 Å². The SMILES string of the molecule is NC(=S)c1ccc(OC2CCCC2)nc1. The highest BCUT2D eigenvalue weighted by Gasteiger charge is 2.16. The van der Waals surface area contributed by atoms with Gasteiger partial charge in [-0.3, -0.25) is 0 Å². The zero-order valence-corrected chi connectivity index (χ0v) is 9.30. The molecule has 1 heterocycles. The minimum Gasteiger partial charge on any atom is -0.474 e. The zero-order valence-electron chi connectivity index (χ0n) is 8.48. The highest BCUT2D eigenvalue weighted by Crippen LogP contribution is 2.22. The van der Waals surface area contributed by atoms with Crippen LogP contribution in [0.3, 0.4) is 0 Å². The van der Waals surface area contributed by atoms with E-state index in [1.54, 1.807) is 6.20 Å². The Bertz CT molecular complexity index is 344. The largest absolute Gasteiger partial charge is 0.474 e. The maximum Gasteiger partial charge on any atom is 0.213 e. The van der Waals surface area contributed by atoms with E-state index in [0.29, 0.717) is 17.0 Å². The summed E-state index contributed by atoms with van der Waals surface area (Å²) in [5.74, 6) is 0.668. The highest BCUT2D eigenvalue weighted by molar-refractivity contribution is 7.80. The number of thiocarbonyl (C=S) groups is 1. The third-order valence-corrected chi connectivity index (χ3v) is 2.85. The lowest BCUT2D eigenvalue weighted by molar-refractivity contribution is 0.201. The summed E-state index contributed by atoms with van der Waals surface area (Å²) >= 11 is 4.85. The van der Waals surface area contributed by atoms with Crippen molar-refractivity contribution in [2.45, 2.75) is 31.8 Å². The average Bonchev–Trinajstić information content (AvgIpc) is 2.71. The third-order valence-electron chi connectivity index (χ3n) is 2.61. The monoisotopic (exact) mass is 222 g/mol. The molecule has 1 aliphatic rings. The van der Waals surface area contributed by atoms with Gasteiger partial charge in [-0.05, 0) is 31.7 Å². The maximum atomic E-state index is 5.71. The van der Waals surface area contributed by atoms with Crippen LogP contribution in [-0.2, 0) is 0 Å². The molecule has 1 aliphatic carbocycles. The summed E-state index contributed by atoms with van der Waals surface area (Å²) in [4.78, 5) is 4.54. The topological polar surface area (TPSA) is 48.1 Å². The Morgan fingerprint density at radius 3 is 2.67 bits per heavy atom. The second kappa shape index (κ2) is 4.57. The molecule has 0 amide bonds. The molecule has 15 heavy (non-hydrogen) atoms. The normalized spacial score (nSPS) is 16.5. The summed E-state index contributed by atoms with van der Waals surface area (Å²) in [5, 5.41) is 0. The molecule has 1 aromatic rings. The molecule has 0 aromatic carbocycles. The van der Waals surface area contributed by atoms with Gasteiger partial charge in [0.25, 0.3) is 0 Å². The number of nitrogens with two attached hydrogens (primary N) is 1. The molecule has 1 aromatic heterocycles. The third kappa shape index (κ3) is 2.65. The van der Waals surface area contributed by atoms with Gasteiger partial charge in [-0.15, -0.1) is 0 Å². The summed E-state index contributed by atoms with van der Waals surface area (Å²) in [6, 6.07) is 3.67. The molecule has 4 heteroatoms. The van der Waals surface area contributed by atoms with Crippen molar-refractivity contribution in [3.8, 4) is 5.88 Å². The maximum absolute atomic E-state index is 5.71. The first-order valence-corrected chi connectivity index (χ1v) is 5.59. The molecule has 0 bridgehead atoms. The molecule has 1 saturated carbocycles. The lowest BCUT2D eigenvalue weighted by Crippen LogP contribution is -2.13. The van der Waals surface area contributed by atoms with Crippen molar-refractivity contribution >= 4 is 17.2 Å². The average molecular weight is 222 g/mol. The molecule has 0 radical (unpaired) electrons. The van der Waals surface area contributed by atoms with Gasteiger partial charge >= 0.3 is 0 Å². The summed E-state index contributed by atoms with van der Waals surface area (Å²) in [6.07, 6.45) is 6.79. The van der Waals surface area contributed by atoms with Gasteiger partial charge in [-0.2, -0.15) is 0 Å². The number of aromatic nitrogens is 1. The first-order valence-electron chi connectivity index (χ1n) is 5.18. The van der Waals surface area contributed by atoms with Gasteiger partial charge in [0.1, 0.15) is 11.1 Å². The Balaban J connectivity index is 2.00. The predicted molar refractivity (Wildman–Crippen MR) is 63.0 cm³/mol. The summed E-state index contributed by atoms with van der Waals surface area (Å²) in [7, 11) is 0. The van der Waals surface area contributed by atoms with E-state index < -0.39 is 0 Å². The molecule has 80 valence electrons. The summed E-state index contributed by atoms with van der Waals surface area (Å²) < 4.78 is 5.71. The van der Waals surface area contributed by atoms with E-state index >= 15 is 0 Å². The number of ether oxygens (including phenoxy) is 1. The molecule has 0 spiro atoms. The van der Waals surface area contributed by atoms with Crippen molar-refractivity contribution in [2.75, 3.05) is 0 Å². The zero-order chi connectivity index (χ0) is 10.7. The number of nitrogens with zero attached hydrogens (tertiary/aromatic N) is 1. The van der Waals surface area contributed by atoms with Crippen molar-refractivity contribution in [2.24, 2.45) is 5.73 Å². The minimum atomic E-state index is 0.341. The van der Waals surface area contributed by atoms with E-state index in [4.69, 9.17) is 22.7 Å². The molecule has 0 atom stereocenters. The molecule has 2 rings (SSSR count). The Hall–Kier alpha value is -1.16. The lowest BCUT2D eigenvalue weighted by Gasteiger charge is -2.11. The van der Waals surface area contributed by atoms with Crippen LogP contribution in [0.15, 0.2) is 18.3 Å². The number of hydrogen-bond acceptors (Lipinski definition) is 3. The number of hydrogen-bond donors (Lipinski definition) is 1. The fourth-order valence-corrected chi connectivity index (χ4v) is 1.89. The summed E-state index contributed by atoms with van der Waals surface area (Å²) in [6.45, 7) is 0. The minimum absolute atomic E-state index is 0.341. The quantitative estimate of drug-likeness (QED) is 0.795. The molecule has 3 nitrogen and oxygen atoms in total. The van der Waals surface area contributed by atoms with Gasteiger partial charge in [0, 0.05) is 17.8 Å². The van der Waals surface area contributed by atoms with Gasteiger partial charge in [0.15, 0.2) is 0 Å². The Labute approximate surface area is 94.6 Å². The van der Waals surface area contributed by atoms with Crippen molar-refractivity contribution in [3.05, 3.63) is 23.9 Å². The van der Waals surface area contributed by atoms with E-state index in [-0.39, 0.29) is 0 Å². The molecule has 2 N–H and O–H groups in total. The van der Waals surface area contributed by atoms with E-state index in [0.717, 1.165) is 18.4 Å². The van der Waals surface area contributed by atoms with Crippen LogP contribution in [0, 0.1) is 0 Å². The Kier molecular flexibility index (Phi) is 3.16. The van der Waals surface area contributed by atoms with Crippen LogP contribution >= 0.6 is 12.2 Å². The Morgan fingerprint density at radius 2 is 2.13 bits per heavy atom. The lowest BCUT2D eigenvalue weighted by atomic mass is 10.3. The first-order chi connectivity index (χ1) is 7.25. The van der Waals surface area contributed by atoms with Crippen molar-refractivity contribution in [1.29, 1.82) is 0 Å². The molecule has 1 fully saturated rings. The van der Waals surface area contributed by atoms with Gasteiger partial charge in [-0.25, -0.2) is 4.98 Å². The van der Waals surface area contributed by atoms with Gasteiger partial charge < -0.3 is 10.5 Å². The highest BCUT2D eigenvalue weighted by atomic mass is 32.1. The molecule has 0 aliphatic heterocycles. The molecule has 0 unspecified atom stereocenters. The van der Waals surface area contributed by atoms with Gasteiger partial charge in [0.2, 0.25) is 5.88 Å². The van der Waals surface area contributed by atoms with Gasteiger partial charge in [0.05, 0.1) is 0 Å².